The van der Waals surface area contributed by atoms with E-state index in [1.165, 1.54) is 0 Å². The zero-order valence-electron chi connectivity index (χ0n) is 17.4. The number of benzene rings is 3. The Balaban J connectivity index is 1.65. The minimum absolute atomic E-state index is 0.305. The number of nitriles is 1. The van der Waals surface area contributed by atoms with E-state index in [-0.39, 0.29) is 0 Å². The lowest BCUT2D eigenvalue weighted by Crippen LogP contribution is -1.99. The van der Waals surface area contributed by atoms with Crippen LogP contribution in [-0.4, -0.2) is 17.1 Å². The van der Waals surface area contributed by atoms with Crippen molar-refractivity contribution in [2.45, 2.75) is 13.5 Å². The molecule has 0 radical (unpaired) electrons. The molecule has 0 bridgehead atoms. The van der Waals surface area contributed by atoms with Gasteiger partial charge < -0.3 is 14.5 Å². The molecule has 0 fully saturated rings. The van der Waals surface area contributed by atoms with Crippen LogP contribution in [0.5, 0.6) is 11.5 Å². The van der Waals surface area contributed by atoms with Crippen LogP contribution in [0.25, 0.3) is 22.7 Å². The summed E-state index contributed by atoms with van der Waals surface area (Å²) in [5.41, 5.74) is 4.87. The molecule has 4 rings (SSSR count). The van der Waals surface area contributed by atoms with E-state index in [2.05, 4.69) is 32.0 Å². The van der Waals surface area contributed by atoms with E-state index in [0.29, 0.717) is 34.5 Å². The summed E-state index contributed by atoms with van der Waals surface area (Å²) >= 11 is 9.80. The van der Waals surface area contributed by atoms with Crippen LogP contribution in [0.4, 0.5) is 0 Å². The molecule has 4 aromatic rings. The van der Waals surface area contributed by atoms with E-state index in [0.717, 1.165) is 32.2 Å². The highest BCUT2D eigenvalue weighted by molar-refractivity contribution is 9.10. The summed E-state index contributed by atoms with van der Waals surface area (Å²) in [5, 5.41) is 10.4. The Hall–Kier alpha value is -3.27. The van der Waals surface area contributed by atoms with Gasteiger partial charge in [0.05, 0.1) is 23.7 Å². The van der Waals surface area contributed by atoms with E-state index in [4.69, 9.17) is 21.1 Å². The van der Waals surface area contributed by atoms with Crippen LogP contribution in [0.15, 0.2) is 59.1 Å². The summed E-state index contributed by atoms with van der Waals surface area (Å²) in [4.78, 5) is 7.78. The second kappa shape index (κ2) is 9.47. The average molecular weight is 509 g/mol. The van der Waals surface area contributed by atoms with E-state index in [1.807, 2.05) is 61.5 Å². The largest absolute Gasteiger partial charge is 0.493 e. The minimum atomic E-state index is 0.305. The second-order valence-corrected chi connectivity index (χ2v) is 8.44. The molecule has 160 valence electrons. The molecule has 0 saturated heterocycles. The Bertz CT molecular complexity index is 1370. The molecule has 1 aromatic heterocycles. The van der Waals surface area contributed by atoms with Crippen LogP contribution < -0.4 is 9.47 Å². The van der Waals surface area contributed by atoms with Gasteiger partial charge in [-0.15, -0.1) is 0 Å². The number of hydrogen-bond acceptors (Lipinski definition) is 4. The van der Waals surface area contributed by atoms with Crippen LogP contribution in [0.3, 0.4) is 0 Å². The van der Waals surface area contributed by atoms with Gasteiger partial charge in [0, 0.05) is 15.1 Å². The minimum Gasteiger partial charge on any atom is -0.493 e. The number of aromatic nitrogens is 2. The predicted octanol–water partition coefficient (Wildman–Crippen LogP) is 6.94. The SMILES string of the molecule is COc1cc(/C=C(/C#N)c2nc3ccc(C)cc3[nH]2)c(Br)cc1OCc1ccccc1Cl. The standard InChI is InChI=1S/C25H19BrClN3O2/c1-15-7-8-21-22(9-15)30-25(29-21)18(13-28)10-17-11-23(31-2)24(12-19(17)26)32-14-16-5-3-4-6-20(16)27/h3-12H,14H2,1-2H3,(H,29,30)/b18-10-. The van der Waals surface area contributed by atoms with Gasteiger partial charge >= 0.3 is 0 Å². The number of imidazole rings is 1. The fraction of sp³-hybridized carbons (Fsp3) is 0.120. The molecule has 32 heavy (non-hydrogen) atoms. The van der Waals surface area contributed by atoms with Crippen molar-refractivity contribution < 1.29 is 9.47 Å². The maximum atomic E-state index is 9.77. The predicted molar refractivity (Wildman–Crippen MR) is 131 cm³/mol. The van der Waals surface area contributed by atoms with Crippen molar-refractivity contribution >= 4 is 50.2 Å². The van der Waals surface area contributed by atoms with Crippen molar-refractivity contribution in [2.24, 2.45) is 0 Å². The van der Waals surface area contributed by atoms with Gasteiger partial charge in [-0.05, 0) is 54.5 Å². The molecule has 0 atom stereocenters. The zero-order valence-corrected chi connectivity index (χ0v) is 19.8. The third kappa shape index (κ3) is 4.64. The fourth-order valence-electron chi connectivity index (χ4n) is 3.26. The third-order valence-electron chi connectivity index (χ3n) is 4.94. The van der Waals surface area contributed by atoms with Crippen molar-refractivity contribution in [3.63, 3.8) is 0 Å². The maximum Gasteiger partial charge on any atom is 0.162 e. The smallest absolute Gasteiger partial charge is 0.162 e. The monoisotopic (exact) mass is 507 g/mol. The van der Waals surface area contributed by atoms with E-state index in [9.17, 15) is 5.26 Å². The highest BCUT2D eigenvalue weighted by atomic mass is 79.9. The summed E-state index contributed by atoms with van der Waals surface area (Å²) in [5.74, 6) is 1.62. The van der Waals surface area contributed by atoms with Gasteiger partial charge in [-0.3, -0.25) is 0 Å². The van der Waals surface area contributed by atoms with Crippen LogP contribution >= 0.6 is 27.5 Å². The summed E-state index contributed by atoms with van der Waals surface area (Å²) in [7, 11) is 1.58. The Morgan fingerprint density at radius 2 is 2.00 bits per heavy atom. The number of methoxy groups -OCH3 is 1. The zero-order chi connectivity index (χ0) is 22.7. The van der Waals surface area contributed by atoms with Gasteiger partial charge in [-0.25, -0.2) is 4.98 Å². The molecule has 1 heterocycles. The lowest BCUT2D eigenvalue weighted by atomic mass is 10.1. The number of rotatable bonds is 6. The average Bonchev–Trinajstić information content (AvgIpc) is 3.20. The van der Waals surface area contributed by atoms with Gasteiger partial charge in [-0.2, -0.15) is 5.26 Å². The highest BCUT2D eigenvalue weighted by Gasteiger charge is 2.13. The van der Waals surface area contributed by atoms with Crippen LogP contribution in [0.2, 0.25) is 5.02 Å². The number of allylic oxidation sites excluding steroid dienone is 1. The molecule has 3 aromatic carbocycles. The molecule has 7 heteroatoms. The van der Waals surface area contributed by atoms with Crippen LogP contribution in [0.1, 0.15) is 22.5 Å². The summed E-state index contributed by atoms with van der Waals surface area (Å²) in [6.45, 7) is 2.32. The fourth-order valence-corrected chi connectivity index (χ4v) is 3.89. The number of nitrogens with one attached hydrogen (secondary N) is 1. The lowest BCUT2D eigenvalue weighted by molar-refractivity contribution is 0.284. The first-order valence-corrected chi connectivity index (χ1v) is 11.0. The first-order chi connectivity index (χ1) is 15.5. The van der Waals surface area contributed by atoms with Crippen molar-refractivity contribution in [1.82, 2.24) is 9.97 Å². The number of aromatic amines is 1. The summed E-state index contributed by atoms with van der Waals surface area (Å²) in [6.07, 6.45) is 1.76. The van der Waals surface area contributed by atoms with E-state index >= 15 is 0 Å². The molecule has 0 saturated carbocycles. The Morgan fingerprint density at radius 1 is 1.19 bits per heavy atom. The Kier molecular flexibility index (Phi) is 6.50. The lowest BCUT2D eigenvalue weighted by Gasteiger charge is -2.13. The molecule has 0 aliphatic rings. The van der Waals surface area contributed by atoms with Gasteiger partial charge in [-0.1, -0.05) is 51.8 Å². The number of ether oxygens (including phenoxy) is 2. The highest BCUT2D eigenvalue weighted by Crippen LogP contribution is 2.36. The van der Waals surface area contributed by atoms with E-state index in [1.54, 1.807) is 13.2 Å². The number of fused-ring (bicyclic) bond motifs is 1. The van der Waals surface area contributed by atoms with Crippen LogP contribution in [-0.2, 0) is 6.61 Å². The molecular formula is C25H19BrClN3O2. The molecule has 0 spiro atoms. The number of nitrogens with zero attached hydrogens (tertiary/aromatic N) is 2. The van der Waals surface area contributed by atoms with E-state index < -0.39 is 0 Å². The van der Waals surface area contributed by atoms with Gasteiger partial charge in [0.2, 0.25) is 0 Å². The summed E-state index contributed by atoms with van der Waals surface area (Å²) < 4.78 is 12.2. The third-order valence-corrected chi connectivity index (χ3v) is 5.99. The number of halogens is 2. The molecule has 0 aliphatic heterocycles. The first-order valence-electron chi connectivity index (χ1n) is 9.80. The number of H-pyrrole nitrogens is 1. The van der Waals surface area contributed by atoms with Crippen LogP contribution in [0, 0.1) is 18.3 Å². The van der Waals surface area contributed by atoms with Crippen molar-refractivity contribution in [3.05, 3.63) is 86.6 Å². The van der Waals surface area contributed by atoms with Gasteiger partial charge in [0.1, 0.15) is 18.5 Å². The number of aryl methyl sites for hydroxylation is 1. The molecule has 5 nitrogen and oxygen atoms in total. The molecular weight excluding hydrogens is 490 g/mol. The maximum absolute atomic E-state index is 9.77. The summed E-state index contributed by atoms with van der Waals surface area (Å²) in [6, 6.07) is 19.3. The molecule has 0 unspecified atom stereocenters. The molecule has 1 N–H and O–H groups in total. The molecule has 0 amide bonds. The second-order valence-electron chi connectivity index (χ2n) is 7.18. The quantitative estimate of drug-likeness (QED) is 0.286. The van der Waals surface area contributed by atoms with Gasteiger partial charge in [0.15, 0.2) is 11.5 Å². The Labute approximate surface area is 199 Å². The topological polar surface area (TPSA) is 70.9 Å². The van der Waals surface area contributed by atoms with Crippen molar-refractivity contribution in [1.29, 1.82) is 5.26 Å². The number of hydrogen-bond donors (Lipinski definition) is 1. The van der Waals surface area contributed by atoms with Crippen molar-refractivity contribution in [3.8, 4) is 17.6 Å². The first kappa shape index (κ1) is 21.9. The molecule has 0 aliphatic carbocycles. The Morgan fingerprint density at radius 3 is 2.75 bits per heavy atom. The normalized spacial score (nSPS) is 11.4. The van der Waals surface area contributed by atoms with Gasteiger partial charge in [0.25, 0.3) is 0 Å². The van der Waals surface area contributed by atoms with Crippen molar-refractivity contribution in [2.75, 3.05) is 7.11 Å².